The molecule has 0 fully saturated rings. The highest BCUT2D eigenvalue weighted by molar-refractivity contribution is 6.39. The van der Waals surface area contributed by atoms with Crippen LogP contribution in [0.5, 0.6) is 0 Å². The van der Waals surface area contributed by atoms with Crippen LogP contribution in [0.4, 0.5) is 0 Å². The SMILES string of the molecule is O=C(NCc1ccccc1Cl)c1ccc2nc(-c3c(Cl)cccc3Cl)oc2c1. The lowest BCUT2D eigenvalue weighted by Crippen LogP contribution is -2.22. The molecule has 0 aliphatic rings. The monoisotopic (exact) mass is 430 g/mol. The molecule has 140 valence electrons. The van der Waals surface area contributed by atoms with Gasteiger partial charge in [0, 0.05) is 17.1 Å². The van der Waals surface area contributed by atoms with Gasteiger partial charge in [-0.15, -0.1) is 0 Å². The molecule has 0 aliphatic heterocycles. The number of halogens is 3. The molecule has 0 saturated heterocycles. The molecule has 0 saturated carbocycles. The Kier molecular flexibility index (Phi) is 5.27. The molecule has 4 aromatic rings. The normalized spacial score (nSPS) is 11.0. The van der Waals surface area contributed by atoms with Crippen LogP contribution in [0.15, 0.2) is 65.1 Å². The first-order chi connectivity index (χ1) is 13.5. The van der Waals surface area contributed by atoms with E-state index in [4.69, 9.17) is 39.2 Å². The van der Waals surface area contributed by atoms with E-state index in [1.165, 1.54) is 0 Å². The molecule has 1 amide bonds. The molecule has 4 nitrogen and oxygen atoms in total. The fraction of sp³-hybridized carbons (Fsp3) is 0.0476. The summed E-state index contributed by atoms with van der Waals surface area (Å²) in [5.41, 5.74) is 2.89. The Balaban J connectivity index is 1.60. The van der Waals surface area contributed by atoms with Crippen molar-refractivity contribution in [3.8, 4) is 11.5 Å². The number of nitrogens with zero attached hydrogens (tertiary/aromatic N) is 1. The van der Waals surface area contributed by atoms with Crippen molar-refractivity contribution in [2.75, 3.05) is 0 Å². The summed E-state index contributed by atoms with van der Waals surface area (Å²) in [4.78, 5) is 16.9. The van der Waals surface area contributed by atoms with Crippen LogP contribution in [0.3, 0.4) is 0 Å². The Morgan fingerprint density at radius 2 is 1.64 bits per heavy atom. The first-order valence-corrected chi connectivity index (χ1v) is 9.53. The van der Waals surface area contributed by atoms with E-state index in [0.29, 0.717) is 49.7 Å². The van der Waals surface area contributed by atoms with Crippen LogP contribution in [-0.2, 0) is 6.54 Å². The Labute approximate surface area is 176 Å². The zero-order valence-electron chi connectivity index (χ0n) is 14.4. The lowest BCUT2D eigenvalue weighted by molar-refractivity contribution is 0.0951. The lowest BCUT2D eigenvalue weighted by Gasteiger charge is -2.06. The van der Waals surface area contributed by atoms with Gasteiger partial charge in [-0.1, -0.05) is 59.1 Å². The number of aromatic nitrogens is 1. The topological polar surface area (TPSA) is 55.1 Å². The summed E-state index contributed by atoms with van der Waals surface area (Å²) >= 11 is 18.6. The molecule has 7 heteroatoms. The molecule has 3 aromatic carbocycles. The number of carbonyl (C=O) groups is 1. The summed E-state index contributed by atoms with van der Waals surface area (Å²) in [6, 6.07) is 17.6. The van der Waals surface area contributed by atoms with Crippen molar-refractivity contribution in [2.45, 2.75) is 6.54 Å². The number of amides is 1. The second kappa shape index (κ2) is 7.84. The maximum absolute atomic E-state index is 12.5. The van der Waals surface area contributed by atoms with Gasteiger partial charge in [0.1, 0.15) is 5.52 Å². The van der Waals surface area contributed by atoms with Crippen molar-refractivity contribution in [1.29, 1.82) is 0 Å². The minimum absolute atomic E-state index is 0.240. The van der Waals surface area contributed by atoms with Gasteiger partial charge in [-0.2, -0.15) is 0 Å². The van der Waals surface area contributed by atoms with Gasteiger partial charge in [0.05, 0.1) is 15.6 Å². The molecule has 0 spiro atoms. The summed E-state index contributed by atoms with van der Waals surface area (Å²) in [5.74, 6) is 0.0646. The van der Waals surface area contributed by atoms with Crippen LogP contribution in [0.2, 0.25) is 15.1 Å². The van der Waals surface area contributed by atoms with Gasteiger partial charge in [-0.25, -0.2) is 4.98 Å². The highest BCUT2D eigenvalue weighted by Crippen LogP contribution is 2.35. The van der Waals surface area contributed by atoms with Crippen molar-refractivity contribution in [2.24, 2.45) is 0 Å². The van der Waals surface area contributed by atoms with E-state index >= 15 is 0 Å². The Morgan fingerprint density at radius 1 is 0.929 bits per heavy atom. The van der Waals surface area contributed by atoms with Crippen molar-refractivity contribution in [1.82, 2.24) is 10.3 Å². The molecule has 1 N–H and O–H groups in total. The minimum Gasteiger partial charge on any atom is -0.436 e. The fourth-order valence-electron chi connectivity index (χ4n) is 2.79. The van der Waals surface area contributed by atoms with E-state index in [0.717, 1.165) is 5.56 Å². The van der Waals surface area contributed by atoms with Gasteiger partial charge in [0.2, 0.25) is 5.89 Å². The summed E-state index contributed by atoms with van der Waals surface area (Å²) in [6.45, 7) is 0.327. The predicted molar refractivity (Wildman–Crippen MR) is 112 cm³/mol. The van der Waals surface area contributed by atoms with Gasteiger partial charge >= 0.3 is 0 Å². The van der Waals surface area contributed by atoms with Crippen LogP contribution in [0.25, 0.3) is 22.6 Å². The molecule has 0 radical (unpaired) electrons. The zero-order chi connectivity index (χ0) is 19.7. The van der Waals surface area contributed by atoms with Crippen LogP contribution in [0.1, 0.15) is 15.9 Å². The summed E-state index contributed by atoms with van der Waals surface area (Å²) < 4.78 is 5.81. The van der Waals surface area contributed by atoms with Crippen molar-refractivity contribution in [3.05, 3.63) is 86.9 Å². The van der Waals surface area contributed by atoms with Crippen LogP contribution < -0.4 is 5.32 Å². The average Bonchev–Trinajstić information content (AvgIpc) is 3.09. The Hall–Kier alpha value is -2.53. The van der Waals surface area contributed by atoms with E-state index < -0.39 is 0 Å². The predicted octanol–water partition coefficient (Wildman–Crippen LogP) is 6.39. The molecular formula is C21H13Cl3N2O2. The molecule has 1 heterocycles. The number of hydrogen-bond acceptors (Lipinski definition) is 3. The zero-order valence-corrected chi connectivity index (χ0v) is 16.6. The third-order valence-electron chi connectivity index (χ3n) is 4.22. The maximum atomic E-state index is 12.5. The van der Waals surface area contributed by atoms with Crippen molar-refractivity contribution < 1.29 is 9.21 Å². The van der Waals surface area contributed by atoms with Crippen LogP contribution in [-0.4, -0.2) is 10.9 Å². The third-order valence-corrected chi connectivity index (χ3v) is 5.22. The Morgan fingerprint density at radius 3 is 2.39 bits per heavy atom. The van der Waals surface area contributed by atoms with E-state index in [9.17, 15) is 4.79 Å². The Bertz CT molecular complexity index is 1170. The van der Waals surface area contributed by atoms with Gasteiger partial charge in [-0.3, -0.25) is 4.79 Å². The lowest BCUT2D eigenvalue weighted by atomic mass is 10.2. The number of hydrogen-bond donors (Lipinski definition) is 1. The van der Waals surface area contributed by atoms with Crippen LogP contribution in [0, 0.1) is 0 Å². The van der Waals surface area contributed by atoms with E-state index in [2.05, 4.69) is 10.3 Å². The second-order valence-electron chi connectivity index (χ2n) is 6.07. The van der Waals surface area contributed by atoms with Gasteiger partial charge in [0.15, 0.2) is 5.58 Å². The molecule has 0 bridgehead atoms. The number of nitrogens with one attached hydrogen (secondary N) is 1. The van der Waals surface area contributed by atoms with Gasteiger partial charge in [-0.05, 0) is 42.0 Å². The van der Waals surface area contributed by atoms with Crippen molar-refractivity contribution in [3.63, 3.8) is 0 Å². The molecule has 1 aromatic heterocycles. The summed E-state index contributed by atoms with van der Waals surface area (Å²) in [7, 11) is 0. The number of fused-ring (bicyclic) bond motifs is 1. The summed E-state index contributed by atoms with van der Waals surface area (Å²) in [5, 5.41) is 4.34. The van der Waals surface area contributed by atoms with E-state index in [1.807, 2.05) is 18.2 Å². The van der Waals surface area contributed by atoms with Gasteiger partial charge in [0.25, 0.3) is 5.91 Å². The largest absolute Gasteiger partial charge is 0.436 e. The highest BCUT2D eigenvalue weighted by Gasteiger charge is 2.16. The summed E-state index contributed by atoms with van der Waals surface area (Å²) in [6.07, 6.45) is 0. The quantitative estimate of drug-likeness (QED) is 0.407. The number of benzene rings is 3. The molecule has 0 aliphatic carbocycles. The first-order valence-electron chi connectivity index (χ1n) is 8.39. The number of oxazole rings is 1. The molecule has 28 heavy (non-hydrogen) atoms. The first kappa shape index (κ1) is 18.8. The molecular weight excluding hydrogens is 419 g/mol. The highest BCUT2D eigenvalue weighted by atomic mass is 35.5. The number of rotatable bonds is 4. The third kappa shape index (κ3) is 3.72. The van der Waals surface area contributed by atoms with E-state index in [-0.39, 0.29) is 5.91 Å². The molecule has 0 atom stereocenters. The second-order valence-corrected chi connectivity index (χ2v) is 7.29. The smallest absolute Gasteiger partial charge is 0.251 e. The van der Waals surface area contributed by atoms with Crippen LogP contribution >= 0.6 is 34.8 Å². The fourth-order valence-corrected chi connectivity index (χ4v) is 3.56. The number of carbonyl (C=O) groups excluding carboxylic acids is 1. The van der Waals surface area contributed by atoms with E-state index in [1.54, 1.807) is 42.5 Å². The molecule has 0 unspecified atom stereocenters. The molecule has 4 rings (SSSR count). The minimum atomic E-state index is -0.240. The average molecular weight is 432 g/mol. The maximum Gasteiger partial charge on any atom is 0.251 e. The van der Waals surface area contributed by atoms with Crippen molar-refractivity contribution >= 4 is 51.8 Å². The standard InChI is InChI=1S/C21H13Cl3N2O2/c22-14-5-2-1-4-13(14)11-25-20(27)12-8-9-17-18(10-12)28-21(26-17)19-15(23)6-3-7-16(19)24/h1-10H,11H2,(H,25,27). The van der Waals surface area contributed by atoms with Gasteiger partial charge < -0.3 is 9.73 Å².